The van der Waals surface area contributed by atoms with Gasteiger partial charge in [0.25, 0.3) is 0 Å². The van der Waals surface area contributed by atoms with Crippen molar-refractivity contribution in [2.45, 2.75) is 52.6 Å². The van der Waals surface area contributed by atoms with Crippen molar-refractivity contribution in [3.63, 3.8) is 0 Å². The van der Waals surface area contributed by atoms with Gasteiger partial charge in [-0.2, -0.15) is 10.4 Å². The zero-order valence-electron chi connectivity index (χ0n) is 29.3. The fraction of sp³-hybridized carbons (Fsp3) is 0.174. The Labute approximate surface area is 329 Å². The van der Waals surface area contributed by atoms with Gasteiger partial charge in [0.2, 0.25) is 0 Å². The van der Waals surface area contributed by atoms with Gasteiger partial charge in [0.15, 0.2) is 0 Å². The maximum Gasteiger partial charge on any atom is 4.00 e. The molecule has 0 amide bonds. The van der Waals surface area contributed by atoms with Crippen molar-refractivity contribution < 1.29 is 51.0 Å². The van der Waals surface area contributed by atoms with Gasteiger partial charge in [-0.15, -0.1) is 69.1 Å². The number of rotatable bonds is 8. The Bertz CT molecular complexity index is 2250. The van der Waals surface area contributed by atoms with Gasteiger partial charge in [-0.25, -0.2) is 0 Å². The predicted octanol–water partition coefficient (Wildman–Crippen LogP) is 5.80. The minimum absolute atomic E-state index is 0. The monoisotopic (exact) mass is 782 g/mol. The van der Waals surface area contributed by atoms with E-state index in [1.807, 2.05) is 0 Å². The Morgan fingerprint density at radius 1 is 0.460 bits per heavy atom. The van der Waals surface area contributed by atoms with Gasteiger partial charge in [0.05, 0.1) is 0 Å². The summed E-state index contributed by atoms with van der Waals surface area (Å²) < 4.78 is 0. The molecule has 0 N–H and O–H groups in total. The van der Waals surface area contributed by atoms with Gasteiger partial charge in [-0.1, -0.05) is 148 Å². The van der Waals surface area contributed by atoms with Crippen LogP contribution in [0.1, 0.15) is 37.8 Å². The molecule has 8 aromatic rings. The average Bonchev–Trinajstić information content (AvgIpc) is 3.67. The van der Waals surface area contributed by atoms with Crippen LogP contribution in [-0.2, 0) is 39.0 Å². The standard InChI is InChI=1S/C46H42Si.2ClH.Zr/c1-5-15-35-29-33-21-13-27-41(39-25-11-19-31-17-7-9-23-37(31)39)43(33)45(35)47(3,4)46-36(16-6-2)30-34-22-14-28-42(44(34)46)40-26-12-20-32-18-8-10-24-38(32)40;;;/h7-14,17-30H,5-6,15-16H2,1-4H3;2*1H;/q-2;;;+4/p-2. The van der Waals surface area contributed by atoms with E-state index in [1.54, 1.807) is 21.5 Å². The first-order valence-electron chi connectivity index (χ1n) is 17.4. The summed E-state index contributed by atoms with van der Waals surface area (Å²) in [6.45, 7) is 9.96. The molecule has 0 saturated heterocycles. The van der Waals surface area contributed by atoms with Crippen LogP contribution in [0.15, 0.2) is 133 Å². The van der Waals surface area contributed by atoms with Crippen molar-refractivity contribution in [2.24, 2.45) is 0 Å². The molecule has 248 valence electrons. The summed E-state index contributed by atoms with van der Waals surface area (Å²) in [6.07, 6.45) is 4.49. The van der Waals surface area contributed by atoms with Crippen LogP contribution in [0.2, 0.25) is 13.1 Å². The van der Waals surface area contributed by atoms with Crippen LogP contribution < -0.4 is 35.2 Å². The van der Waals surface area contributed by atoms with Crippen LogP contribution in [-0.4, -0.2) is 8.07 Å². The van der Waals surface area contributed by atoms with E-state index in [2.05, 4.69) is 160 Å². The van der Waals surface area contributed by atoms with Crippen LogP contribution in [0.5, 0.6) is 0 Å². The second-order valence-electron chi connectivity index (χ2n) is 13.8. The average molecular weight is 785 g/mol. The summed E-state index contributed by atoms with van der Waals surface area (Å²) in [5, 5.41) is 14.2. The topological polar surface area (TPSA) is 0 Å². The molecular weight excluding hydrogens is 743 g/mol. The molecule has 8 rings (SSSR count). The number of hydrogen-bond donors (Lipinski definition) is 0. The normalized spacial score (nSPS) is 11.4. The van der Waals surface area contributed by atoms with Crippen molar-refractivity contribution in [3.8, 4) is 22.3 Å². The van der Waals surface area contributed by atoms with Gasteiger partial charge >= 0.3 is 26.2 Å². The Hall–Kier alpha value is -3.26. The first-order valence-corrected chi connectivity index (χ1v) is 20.4. The van der Waals surface area contributed by atoms with Gasteiger partial charge in [0.1, 0.15) is 0 Å². The van der Waals surface area contributed by atoms with E-state index in [0.717, 1.165) is 25.7 Å². The SMILES string of the molecule is CCCc1[cH-]c2cccc(-c3cccc4ccccc34)c2c1[Si](C)(C)c1c(CCC)[cH-]c2cccc(-c3cccc4ccccc34)c12.[Cl-].[Cl-].[Zr+4]. The summed E-state index contributed by atoms with van der Waals surface area (Å²) in [7, 11) is -2.31. The number of hydrogen-bond acceptors (Lipinski definition) is 0. The third kappa shape index (κ3) is 6.28. The quantitative estimate of drug-likeness (QED) is 0.135. The molecule has 50 heavy (non-hydrogen) atoms. The molecule has 0 fully saturated rings. The van der Waals surface area contributed by atoms with Gasteiger partial charge < -0.3 is 24.8 Å². The summed E-state index contributed by atoms with van der Waals surface area (Å²) >= 11 is 0. The van der Waals surface area contributed by atoms with Crippen molar-refractivity contribution in [1.82, 2.24) is 0 Å². The Morgan fingerprint density at radius 2 is 0.820 bits per heavy atom. The molecule has 0 atom stereocenters. The second-order valence-corrected chi connectivity index (χ2v) is 18.1. The Morgan fingerprint density at radius 3 is 1.24 bits per heavy atom. The van der Waals surface area contributed by atoms with E-state index in [0.29, 0.717) is 0 Å². The van der Waals surface area contributed by atoms with Crippen LogP contribution in [0.3, 0.4) is 0 Å². The van der Waals surface area contributed by atoms with Crippen molar-refractivity contribution in [3.05, 3.63) is 145 Å². The maximum atomic E-state index is 2.65. The molecule has 0 heterocycles. The molecule has 4 heteroatoms. The van der Waals surface area contributed by atoms with Crippen molar-refractivity contribution in [1.29, 1.82) is 0 Å². The number of benzene rings is 6. The first-order chi connectivity index (χ1) is 23.0. The third-order valence-electron chi connectivity index (χ3n) is 10.4. The van der Waals surface area contributed by atoms with Crippen LogP contribution in [0.25, 0.3) is 65.3 Å². The summed E-state index contributed by atoms with van der Waals surface area (Å²) in [5.74, 6) is 0. The maximum absolute atomic E-state index is 2.65. The van der Waals surface area contributed by atoms with Crippen LogP contribution in [0, 0.1) is 0 Å². The molecule has 0 bridgehead atoms. The van der Waals surface area contributed by atoms with Crippen LogP contribution >= 0.6 is 0 Å². The van der Waals surface area contributed by atoms with E-state index < -0.39 is 8.07 Å². The fourth-order valence-electron chi connectivity index (χ4n) is 8.64. The number of aryl methyl sites for hydroxylation is 2. The molecule has 0 radical (unpaired) electrons. The van der Waals surface area contributed by atoms with E-state index in [4.69, 9.17) is 0 Å². The fourth-order valence-corrected chi connectivity index (χ4v) is 12.7. The number of halogens is 2. The zero-order chi connectivity index (χ0) is 32.1. The summed E-state index contributed by atoms with van der Waals surface area (Å²) in [4.78, 5) is 0. The Kier molecular flexibility index (Phi) is 11.8. The molecule has 0 spiro atoms. The summed E-state index contributed by atoms with van der Waals surface area (Å²) in [6, 6.07) is 50.4. The van der Waals surface area contributed by atoms with E-state index in [-0.39, 0.29) is 51.0 Å². The molecule has 0 aliphatic carbocycles. The third-order valence-corrected chi connectivity index (χ3v) is 14.1. The van der Waals surface area contributed by atoms with Gasteiger partial charge in [-0.3, -0.25) is 0 Å². The smallest absolute Gasteiger partial charge is 1.00 e. The van der Waals surface area contributed by atoms with Crippen molar-refractivity contribution in [2.75, 3.05) is 0 Å². The summed E-state index contributed by atoms with van der Waals surface area (Å²) in [5.41, 5.74) is 8.52. The molecule has 0 unspecified atom stereocenters. The van der Waals surface area contributed by atoms with E-state index in [9.17, 15) is 0 Å². The number of fused-ring (bicyclic) bond motifs is 4. The molecule has 8 aromatic carbocycles. The molecule has 0 aliphatic rings. The van der Waals surface area contributed by atoms with Gasteiger partial charge in [-0.05, 0) is 45.5 Å². The predicted molar refractivity (Wildman–Crippen MR) is 210 cm³/mol. The van der Waals surface area contributed by atoms with Crippen LogP contribution in [0.4, 0.5) is 0 Å². The second kappa shape index (κ2) is 15.5. The Balaban J connectivity index is 0.00000162. The zero-order valence-corrected chi connectivity index (χ0v) is 34.3. The van der Waals surface area contributed by atoms with E-state index >= 15 is 0 Å². The molecule has 0 nitrogen and oxygen atoms in total. The molecule has 0 saturated carbocycles. The molecular formula is C46H42Cl2SiZr. The van der Waals surface area contributed by atoms with Gasteiger partial charge in [0, 0.05) is 8.07 Å². The van der Waals surface area contributed by atoms with Crippen molar-refractivity contribution >= 4 is 61.5 Å². The molecule has 0 aromatic heterocycles. The minimum Gasteiger partial charge on any atom is -1.00 e. The first kappa shape index (κ1) is 38.0. The van der Waals surface area contributed by atoms with E-state index in [1.165, 1.54) is 65.3 Å². The molecule has 0 aliphatic heterocycles. The largest absolute Gasteiger partial charge is 4.00 e. The minimum atomic E-state index is -2.31.